The van der Waals surface area contributed by atoms with E-state index < -0.39 is 11.2 Å². The van der Waals surface area contributed by atoms with Gasteiger partial charge in [-0.2, -0.15) is 0 Å². The zero-order chi connectivity index (χ0) is 26.4. The molecule has 0 spiro atoms. The fraction of sp³-hybridized carbons (Fsp3) is 0.100. The maximum absolute atomic E-state index is 13.5. The Bertz CT molecular complexity index is 1440. The molecule has 0 bridgehead atoms. The van der Waals surface area contributed by atoms with E-state index in [2.05, 4.69) is 10.6 Å². The summed E-state index contributed by atoms with van der Waals surface area (Å²) in [5.41, 5.74) is 4.36. The van der Waals surface area contributed by atoms with Crippen LogP contribution in [0.3, 0.4) is 0 Å². The minimum Gasteiger partial charge on any atom is -0.478 e. The Morgan fingerprint density at radius 1 is 0.757 bits per heavy atom. The van der Waals surface area contributed by atoms with Crippen LogP contribution in [0.15, 0.2) is 102 Å². The average Bonchev–Trinajstić information content (AvgIpc) is 2.89. The minimum atomic E-state index is -1.06. The minimum absolute atomic E-state index is 0.0989. The number of amides is 2. The molecular weight excluding hydrogens is 484 g/mol. The quantitative estimate of drug-likeness (QED) is 0.229. The molecule has 0 aliphatic rings. The van der Waals surface area contributed by atoms with Crippen molar-refractivity contribution in [2.45, 2.75) is 24.0 Å². The second-order valence-corrected chi connectivity index (χ2v) is 9.76. The molecule has 1 unspecified atom stereocenters. The Hall–Kier alpha value is -4.36. The second kappa shape index (κ2) is 11.6. The largest absolute Gasteiger partial charge is 0.478 e. The molecule has 6 nitrogen and oxygen atoms in total. The maximum Gasteiger partial charge on any atom is 0.335 e. The lowest BCUT2D eigenvalue weighted by molar-refractivity contribution is -0.115. The van der Waals surface area contributed by atoms with Crippen LogP contribution >= 0.6 is 11.8 Å². The lowest BCUT2D eigenvalue weighted by atomic mass is 10.1. The average molecular weight is 511 g/mol. The number of carboxylic acids is 1. The molecule has 186 valence electrons. The van der Waals surface area contributed by atoms with Crippen molar-refractivity contribution < 1.29 is 19.5 Å². The van der Waals surface area contributed by atoms with E-state index in [4.69, 9.17) is 0 Å². The van der Waals surface area contributed by atoms with Gasteiger partial charge in [0, 0.05) is 21.8 Å². The molecule has 0 fully saturated rings. The molecule has 0 aromatic heterocycles. The number of thioether (sulfide) groups is 1. The van der Waals surface area contributed by atoms with Gasteiger partial charge in [-0.25, -0.2) is 4.79 Å². The summed E-state index contributed by atoms with van der Waals surface area (Å²) >= 11 is 1.34. The van der Waals surface area contributed by atoms with Crippen molar-refractivity contribution >= 4 is 40.9 Å². The Labute approximate surface area is 219 Å². The van der Waals surface area contributed by atoms with Crippen LogP contribution in [0.5, 0.6) is 0 Å². The molecule has 0 radical (unpaired) electrons. The van der Waals surface area contributed by atoms with Crippen LogP contribution in [-0.2, 0) is 4.79 Å². The van der Waals surface area contributed by atoms with Crippen molar-refractivity contribution in [1.82, 2.24) is 0 Å². The molecule has 3 N–H and O–H groups in total. The van der Waals surface area contributed by atoms with Gasteiger partial charge in [0.25, 0.3) is 5.91 Å². The van der Waals surface area contributed by atoms with Gasteiger partial charge in [0.2, 0.25) is 5.91 Å². The Balaban J connectivity index is 1.56. The molecule has 4 rings (SSSR count). The van der Waals surface area contributed by atoms with E-state index in [0.717, 1.165) is 21.6 Å². The summed E-state index contributed by atoms with van der Waals surface area (Å²) in [5.74, 6) is -1.56. The molecule has 4 aromatic rings. The van der Waals surface area contributed by atoms with Crippen LogP contribution < -0.4 is 10.6 Å². The zero-order valence-corrected chi connectivity index (χ0v) is 21.2. The van der Waals surface area contributed by atoms with Crippen molar-refractivity contribution in [2.24, 2.45) is 0 Å². The number of rotatable bonds is 8. The topological polar surface area (TPSA) is 95.5 Å². The number of benzene rings is 4. The van der Waals surface area contributed by atoms with Gasteiger partial charge in [0.05, 0.1) is 5.56 Å². The lowest BCUT2D eigenvalue weighted by Gasteiger charge is -2.19. The van der Waals surface area contributed by atoms with Crippen molar-refractivity contribution in [2.75, 3.05) is 10.6 Å². The van der Waals surface area contributed by atoms with E-state index >= 15 is 0 Å². The van der Waals surface area contributed by atoms with E-state index in [1.807, 2.05) is 74.5 Å². The normalized spacial score (nSPS) is 11.4. The van der Waals surface area contributed by atoms with Gasteiger partial charge in [-0.15, -0.1) is 11.8 Å². The number of hydrogen-bond donors (Lipinski definition) is 3. The molecular formula is C30H26N2O4S. The third kappa shape index (κ3) is 6.65. The molecule has 0 aliphatic carbocycles. The fourth-order valence-electron chi connectivity index (χ4n) is 3.68. The SMILES string of the molecule is Cc1ccc(C(=O)Nc2cccc(SC(C(=O)Nc3cc(C(=O)O)ccc3C)c3ccccc3)c2)cc1. The summed E-state index contributed by atoms with van der Waals surface area (Å²) in [6, 6.07) is 28.7. The molecule has 0 saturated heterocycles. The van der Waals surface area contributed by atoms with E-state index in [1.54, 1.807) is 24.3 Å². The summed E-state index contributed by atoms with van der Waals surface area (Å²) in [6.07, 6.45) is 0. The predicted molar refractivity (Wildman–Crippen MR) is 147 cm³/mol. The number of nitrogens with one attached hydrogen (secondary N) is 2. The number of carboxylic acid groups (broad SMARTS) is 1. The highest BCUT2D eigenvalue weighted by Crippen LogP contribution is 2.37. The summed E-state index contributed by atoms with van der Waals surface area (Å²) in [7, 11) is 0. The van der Waals surface area contributed by atoms with E-state index in [-0.39, 0.29) is 17.4 Å². The Kier molecular flexibility index (Phi) is 8.05. The third-order valence-electron chi connectivity index (χ3n) is 5.74. The number of aromatic carboxylic acids is 1. The molecule has 7 heteroatoms. The number of hydrogen-bond acceptors (Lipinski definition) is 4. The molecule has 0 heterocycles. The number of carbonyl (C=O) groups is 3. The molecule has 37 heavy (non-hydrogen) atoms. The van der Waals surface area contributed by atoms with Gasteiger partial charge in [-0.3, -0.25) is 9.59 Å². The van der Waals surface area contributed by atoms with Gasteiger partial charge in [0.1, 0.15) is 5.25 Å². The predicted octanol–water partition coefficient (Wildman–Crippen LogP) is 6.73. The summed E-state index contributed by atoms with van der Waals surface area (Å²) in [6.45, 7) is 3.78. The highest BCUT2D eigenvalue weighted by molar-refractivity contribution is 8.00. The van der Waals surface area contributed by atoms with Crippen LogP contribution in [0, 0.1) is 13.8 Å². The van der Waals surface area contributed by atoms with Crippen LogP contribution in [0.4, 0.5) is 11.4 Å². The second-order valence-electron chi connectivity index (χ2n) is 8.58. The first-order chi connectivity index (χ1) is 17.8. The summed E-state index contributed by atoms with van der Waals surface area (Å²) in [4.78, 5) is 38.4. The Morgan fingerprint density at radius 3 is 2.16 bits per heavy atom. The number of anilines is 2. The van der Waals surface area contributed by atoms with Crippen molar-refractivity contribution in [3.63, 3.8) is 0 Å². The van der Waals surface area contributed by atoms with Crippen molar-refractivity contribution in [3.8, 4) is 0 Å². The number of aryl methyl sites for hydroxylation is 2. The monoisotopic (exact) mass is 510 g/mol. The standard InChI is InChI=1S/C30H26N2O4S/c1-19-11-14-22(15-12-19)28(33)31-24-9-6-10-25(18-24)37-27(21-7-4-3-5-8-21)29(34)32-26-17-23(30(35)36)16-13-20(26)2/h3-18,27H,1-2H3,(H,31,33)(H,32,34)(H,35,36). The van der Waals surface area contributed by atoms with Gasteiger partial charge >= 0.3 is 5.97 Å². The highest BCUT2D eigenvalue weighted by Gasteiger charge is 2.23. The fourth-order valence-corrected chi connectivity index (χ4v) is 4.76. The third-order valence-corrected chi connectivity index (χ3v) is 6.99. The first-order valence-corrected chi connectivity index (χ1v) is 12.5. The molecule has 0 saturated carbocycles. The molecule has 2 amide bonds. The van der Waals surface area contributed by atoms with E-state index in [0.29, 0.717) is 16.9 Å². The van der Waals surface area contributed by atoms with Crippen molar-refractivity contribution in [1.29, 1.82) is 0 Å². The summed E-state index contributed by atoms with van der Waals surface area (Å²) < 4.78 is 0. The lowest BCUT2D eigenvalue weighted by Crippen LogP contribution is -2.20. The first kappa shape index (κ1) is 25.7. The van der Waals surface area contributed by atoms with Gasteiger partial charge in [0.15, 0.2) is 0 Å². The van der Waals surface area contributed by atoms with Crippen LogP contribution in [0.25, 0.3) is 0 Å². The number of carbonyl (C=O) groups excluding carboxylic acids is 2. The smallest absolute Gasteiger partial charge is 0.335 e. The Morgan fingerprint density at radius 2 is 1.46 bits per heavy atom. The van der Waals surface area contributed by atoms with Gasteiger partial charge in [-0.05, 0) is 67.4 Å². The summed E-state index contributed by atoms with van der Waals surface area (Å²) in [5, 5.41) is 14.5. The van der Waals surface area contributed by atoms with Crippen LogP contribution in [0.1, 0.15) is 42.7 Å². The van der Waals surface area contributed by atoms with Crippen LogP contribution in [-0.4, -0.2) is 22.9 Å². The maximum atomic E-state index is 13.5. The molecule has 0 aliphatic heterocycles. The first-order valence-electron chi connectivity index (χ1n) is 11.6. The molecule has 1 atom stereocenters. The highest BCUT2D eigenvalue weighted by atomic mass is 32.2. The zero-order valence-electron chi connectivity index (χ0n) is 20.4. The van der Waals surface area contributed by atoms with E-state index in [9.17, 15) is 19.5 Å². The van der Waals surface area contributed by atoms with Crippen molar-refractivity contribution in [3.05, 3.63) is 125 Å². The van der Waals surface area contributed by atoms with Gasteiger partial charge < -0.3 is 15.7 Å². The van der Waals surface area contributed by atoms with Crippen LogP contribution in [0.2, 0.25) is 0 Å². The molecule has 4 aromatic carbocycles. The van der Waals surface area contributed by atoms with E-state index in [1.165, 1.54) is 23.9 Å². The van der Waals surface area contributed by atoms with Gasteiger partial charge in [-0.1, -0.05) is 60.2 Å².